The highest BCUT2D eigenvalue weighted by Crippen LogP contribution is 2.26. The van der Waals surface area contributed by atoms with Gasteiger partial charge in [-0.1, -0.05) is 6.92 Å². The first kappa shape index (κ1) is 14.3. The van der Waals surface area contributed by atoms with Gasteiger partial charge < -0.3 is 9.84 Å². The Kier molecular flexibility index (Phi) is 4.16. The fourth-order valence-electron chi connectivity index (χ4n) is 1.43. The molecule has 100 valence electrons. The van der Waals surface area contributed by atoms with Crippen molar-refractivity contribution in [1.29, 1.82) is 0 Å². The molecule has 0 aliphatic heterocycles. The largest absolute Gasteiger partial charge is 0.505 e. The van der Waals surface area contributed by atoms with Crippen LogP contribution in [0.15, 0.2) is 12.1 Å². The maximum Gasteiger partial charge on any atom is 0.412 e. The van der Waals surface area contributed by atoms with Gasteiger partial charge in [0.1, 0.15) is 5.60 Å². The number of benzene rings is 1. The van der Waals surface area contributed by atoms with E-state index < -0.39 is 23.3 Å². The lowest BCUT2D eigenvalue weighted by Crippen LogP contribution is -2.27. The molecule has 18 heavy (non-hydrogen) atoms. The number of phenols is 1. The number of aryl methyl sites for hydroxylation is 1. The van der Waals surface area contributed by atoms with Crippen LogP contribution >= 0.6 is 0 Å². The molecule has 4 nitrogen and oxygen atoms in total. The Bertz CT molecular complexity index is 452. The number of anilines is 1. The predicted molar refractivity (Wildman–Crippen MR) is 67.3 cm³/mol. The highest BCUT2D eigenvalue weighted by molar-refractivity contribution is 5.86. The zero-order valence-electron chi connectivity index (χ0n) is 11.0. The van der Waals surface area contributed by atoms with Crippen molar-refractivity contribution in [2.45, 2.75) is 39.7 Å². The lowest BCUT2D eigenvalue weighted by atomic mass is 10.1. The van der Waals surface area contributed by atoms with Crippen molar-refractivity contribution < 1.29 is 19.0 Å². The molecule has 1 amide bonds. The Hall–Kier alpha value is -1.78. The molecule has 0 bridgehead atoms. The van der Waals surface area contributed by atoms with Crippen molar-refractivity contribution >= 4 is 11.8 Å². The number of ether oxygens (including phenoxy) is 1. The van der Waals surface area contributed by atoms with Gasteiger partial charge in [0.05, 0.1) is 5.69 Å². The van der Waals surface area contributed by atoms with Gasteiger partial charge in [-0.25, -0.2) is 9.18 Å². The maximum atomic E-state index is 13.2. The number of amides is 1. The molecule has 1 rings (SSSR count). The Morgan fingerprint density at radius 2 is 2.06 bits per heavy atom. The third-order valence-corrected chi connectivity index (χ3v) is 2.19. The van der Waals surface area contributed by atoms with Crippen LogP contribution in [0.2, 0.25) is 0 Å². The van der Waals surface area contributed by atoms with Crippen molar-refractivity contribution in [3.8, 4) is 5.75 Å². The highest BCUT2D eigenvalue weighted by Gasteiger charge is 2.18. The van der Waals surface area contributed by atoms with E-state index in [1.54, 1.807) is 20.8 Å². The molecule has 0 atom stereocenters. The van der Waals surface area contributed by atoms with Gasteiger partial charge in [0, 0.05) is 6.07 Å². The summed E-state index contributed by atoms with van der Waals surface area (Å²) >= 11 is 0. The van der Waals surface area contributed by atoms with Crippen molar-refractivity contribution in [3.05, 3.63) is 23.5 Å². The van der Waals surface area contributed by atoms with E-state index in [1.807, 2.05) is 6.92 Å². The quantitative estimate of drug-likeness (QED) is 0.796. The molecule has 0 saturated carbocycles. The SMILES string of the molecule is CCc1cc(O)c(F)cc1NC(=O)OC(C)(C)C. The van der Waals surface area contributed by atoms with Gasteiger partial charge in [0.2, 0.25) is 0 Å². The number of nitrogens with one attached hydrogen (secondary N) is 1. The molecular weight excluding hydrogens is 237 g/mol. The van der Waals surface area contributed by atoms with Gasteiger partial charge in [-0.3, -0.25) is 5.32 Å². The molecule has 0 saturated heterocycles. The first-order chi connectivity index (χ1) is 8.23. The Morgan fingerprint density at radius 1 is 1.44 bits per heavy atom. The Balaban J connectivity index is 2.90. The van der Waals surface area contributed by atoms with Crippen molar-refractivity contribution in [1.82, 2.24) is 0 Å². The topological polar surface area (TPSA) is 58.6 Å². The number of rotatable bonds is 2. The van der Waals surface area contributed by atoms with Crippen molar-refractivity contribution in [3.63, 3.8) is 0 Å². The Morgan fingerprint density at radius 3 is 2.56 bits per heavy atom. The van der Waals surface area contributed by atoms with E-state index in [-0.39, 0.29) is 0 Å². The first-order valence-electron chi connectivity index (χ1n) is 5.74. The average molecular weight is 255 g/mol. The number of halogens is 1. The van der Waals surface area contributed by atoms with Crippen LogP contribution in [0.3, 0.4) is 0 Å². The molecule has 0 unspecified atom stereocenters. The minimum absolute atomic E-state index is 0.307. The van der Waals surface area contributed by atoms with Crippen LogP contribution in [-0.4, -0.2) is 16.8 Å². The fraction of sp³-hybridized carbons (Fsp3) is 0.462. The third-order valence-electron chi connectivity index (χ3n) is 2.19. The molecular formula is C13H18FNO3. The summed E-state index contributed by atoms with van der Waals surface area (Å²) in [6.07, 6.45) is -0.0961. The number of hydrogen-bond donors (Lipinski definition) is 2. The normalized spacial score (nSPS) is 11.2. The van der Waals surface area contributed by atoms with Gasteiger partial charge in [0.25, 0.3) is 0 Å². The van der Waals surface area contributed by atoms with Gasteiger partial charge in [-0.15, -0.1) is 0 Å². The van der Waals surface area contributed by atoms with Gasteiger partial charge >= 0.3 is 6.09 Å². The second-order valence-corrected chi connectivity index (χ2v) is 4.94. The number of phenolic OH excluding ortho intramolecular Hbond substituents is 1. The smallest absolute Gasteiger partial charge is 0.412 e. The van der Waals surface area contributed by atoms with Crippen molar-refractivity contribution in [2.75, 3.05) is 5.32 Å². The average Bonchev–Trinajstić information content (AvgIpc) is 2.20. The molecule has 0 spiro atoms. The molecule has 0 radical (unpaired) electrons. The lowest BCUT2D eigenvalue weighted by Gasteiger charge is -2.20. The summed E-state index contributed by atoms with van der Waals surface area (Å²) < 4.78 is 18.3. The zero-order valence-corrected chi connectivity index (χ0v) is 11.0. The predicted octanol–water partition coefficient (Wildman–Crippen LogP) is 3.44. The monoisotopic (exact) mass is 255 g/mol. The summed E-state index contributed by atoms with van der Waals surface area (Å²) in [5.41, 5.74) is 0.327. The van der Waals surface area contributed by atoms with Crippen LogP contribution in [0.25, 0.3) is 0 Å². The minimum atomic E-state index is -0.779. The molecule has 0 aromatic heterocycles. The van der Waals surface area contributed by atoms with Gasteiger partial charge in [0.15, 0.2) is 11.6 Å². The van der Waals surface area contributed by atoms with E-state index in [9.17, 15) is 14.3 Å². The molecule has 2 N–H and O–H groups in total. The zero-order chi connectivity index (χ0) is 13.9. The van der Waals surface area contributed by atoms with Gasteiger partial charge in [-0.05, 0) is 38.8 Å². The third kappa shape index (κ3) is 3.91. The summed E-state index contributed by atoms with van der Waals surface area (Å²) in [6, 6.07) is 2.38. The highest BCUT2D eigenvalue weighted by atomic mass is 19.1. The van der Waals surface area contributed by atoms with Crippen LogP contribution in [0.4, 0.5) is 14.9 Å². The number of aromatic hydroxyl groups is 1. The molecule has 0 aliphatic carbocycles. The van der Waals surface area contributed by atoms with Crippen molar-refractivity contribution in [2.24, 2.45) is 0 Å². The van der Waals surface area contributed by atoms with E-state index in [2.05, 4.69) is 5.32 Å². The number of carbonyl (C=O) groups is 1. The molecule has 0 fully saturated rings. The van der Waals surface area contributed by atoms with Crippen LogP contribution in [0.5, 0.6) is 5.75 Å². The number of hydrogen-bond acceptors (Lipinski definition) is 3. The van der Waals surface area contributed by atoms with E-state index in [0.717, 1.165) is 6.07 Å². The standard InChI is InChI=1S/C13H18FNO3/c1-5-8-6-11(16)9(14)7-10(8)15-12(17)18-13(2,3)4/h6-7,16H,5H2,1-4H3,(H,15,17). The maximum absolute atomic E-state index is 13.2. The second-order valence-electron chi connectivity index (χ2n) is 4.94. The molecule has 5 heteroatoms. The molecule has 1 aromatic carbocycles. The summed E-state index contributed by atoms with van der Waals surface area (Å²) in [6.45, 7) is 7.06. The molecule has 1 aromatic rings. The fourth-order valence-corrected chi connectivity index (χ4v) is 1.43. The first-order valence-corrected chi connectivity index (χ1v) is 5.74. The van der Waals surface area contributed by atoms with E-state index in [1.165, 1.54) is 6.07 Å². The second kappa shape index (κ2) is 5.25. The lowest BCUT2D eigenvalue weighted by molar-refractivity contribution is 0.0635. The molecule has 0 aliphatic rings. The molecule has 0 heterocycles. The van der Waals surface area contributed by atoms with Crippen LogP contribution in [0.1, 0.15) is 33.3 Å². The summed E-state index contributed by atoms with van der Waals surface area (Å²) in [7, 11) is 0. The van der Waals surface area contributed by atoms with Crippen LogP contribution in [0, 0.1) is 5.82 Å². The summed E-state index contributed by atoms with van der Waals surface area (Å²) in [4.78, 5) is 11.6. The van der Waals surface area contributed by atoms with Crippen LogP contribution < -0.4 is 5.32 Å². The van der Waals surface area contributed by atoms with Crippen LogP contribution in [-0.2, 0) is 11.2 Å². The number of carbonyl (C=O) groups excluding carboxylic acids is 1. The summed E-state index contributed by atoms with van der Waals surface area (Å²) in [5, 5.41) is 11.7. The minimum Gasteiger partial charge on any atom is -0.505 e. The van der Waals surface area contributed by atoms with Gasteiger partial charge in [-0.2, -0.15) is 0 Å². The Labute approximate surface area is 106 Å². The summed E-state index contributed by atoms with van der Waals surface area (Å²) in [5.74, 6) is -1.21. The van der Waals surface area contributed by atoms with E-state index in [4.69, 9.17) is 4.74 Å². The van der Waals surface area contributed by atoms with E-state index >= 15 is 0 Å². The van der Waals surface area contributed by atoms with E-state index in [0.29, 0.717) is 17.7 Å².